The van der Waals surface area contributed by atoms with Crippen LogP contribution in [0.5, 0.6) is 0 Å². The van der Waals surface area contributed by atoms with E-state index in [0.29, 0.717) is 17.1 Å². The number of nitrogens with zero attached hydrogens (tertiary/aromatic N) is 3. The van der Waals surface area contributed by atoms with Gasteiger partial charge in [0.25, 0.3) is 0 Å². The van der Waals surface area contributed by atoms with Gasteiger partial charge in [0, 0.05) is 0 Å². The molecule has 0 saturated heterocycles. The monoisotopic (exact) mass is 381 g/mol. The van der Waals surface area contributed by atoms with Gasteiger partial charge in [-0.15, -0.1) is 0 Å². The van der Waals surface area contributed by atoms with Gasteiger partial charge in [-0.2, -0.15) is 0 Å². The maximum atomic E-state index is 7.16. The third-order valence-corrected chi connectivity index (χ3v) is 4.92. The van der Waals surface area contributed by atoms with Crippen molar-refractivity contribution in [3.63, 3.8) is 0 Å². The van der Waals surface area contributed by atoms with E-state index in [1.54, 1.807) is 0 Å². The Bertz CT molecular complexity index is 1140. The topological polar surface area (TPSA) is 13.1 Å². The van der Waals surface area contributed by atoms with Gasteiger partial charge in [0.1, 0.15) is 0 Å². The van der Waals surface area contributed by atoms with Crippen LogP contribution < -0.4 is 0 Å². The van der Waals surface area contributed by atoms with Crippen molar-refractivity contribution in [1.29, 1.82) is 0 Å². The van der Waals surface area contributed by atoms with E-state index in [4.69, 9.17) is 19.7 Å². The standard InChI is InChI=1S/C27H15N3/c1-28-25-10-4-19(5-11-25)22-16-23(20-6-12-26(29-2)13-7-20)18-24(17-22)21-8-14-27(30-3)15-9-21/h4-18H. The van der Waals surface area contributed by atoms with E-state index in [-0.39, 0.29) is 0 Å². The summed E-state index contributed by atoms with van der Waals surface area (Å²) in [6, 6.07) is 29.1. The molecule has 30 heavy (non-hydrogen) atoms. The SMILES string of the molecule is [C-]#[N+]c1ccc(-c2cc(-c3ccc([N+]#[C-])cc3)cc(-c3ccc([N+]#[C-])cc3)c2)cc1. The molecule has 0 bridgehead atoms. The molecule has 0 unspecified atom stereocenters. The van der Waals surface area contributed by atoms with Gasteiger partial charge in [-0.1, -0.05) is 72.8 Å². The number of benzene rings is 4. The summed E-state index contributed by atoms with van der Waals surface area (Å²) in [5, 5.41) is 0. The first-order valence-corrected chi connectivity index (χ1v) is 9.29. The van der Waals surface area contributed by atoms with E-state index in [1.165, 1.54) is 0 Å². The van der Waals surface area contributed by atoms with E-state index >= 15 is 0 Å². The summed E-state index contributed by atoms with van der Waals surface area (Å²) in [5.74, 6) is 0. The van der Waals surface area contributed by atoms with Crippen LogP contribution in [0.4, 0.5) is 17.1 Å². The van der Waals surface area contributed by atoms with Crippen LogP contribution in [0.15, 0.2) is 91.0 Å². The third-order valence-electron chi connectivity index (χ3n) is 4.92. The average Bonchev–Trinajstić information content (AvgIpc) is 2.84. The Labute approximate surface area is 176 Å². The zero-order chi connectivity index (χ0) is 20.9. The first kappa shape index (κ1) is 18.7. The summed E-state index contributed by atoms with van der Waals surface area (Å²) >= 11 is 0. The Balaban J connectivity index is 1.87. The Hall–Kier alpha value is -4.65. The maximum absolute atomic E-state index is 7.16. The van der Waals surface area contributed by atoms with Gasteiger partial charge in [0.2, 0.25) is 0 Å². The molecule has 0 amide bonds. The van der Waals surface area contributed by atoms with Crippen LogP contribution in [0.2, 0.25) is 0 Å². The average molecular weight is 381 g/mol. The fraction of sp³-hybridized carbons (Fsp3) is 0. The Morgan fingerprint density at radius 3 is 0.767 bits per heavy atom. The van der Waals surface area contributed by atoms with Gasteiger partial charge in [0.05, 0.1) is 19.7 Å². The highest BCUT2D eigenvalue weighted by Gasteiger charge is 2.08. The summed E-state index contributed by atoms with van der Waals surface area (Å²) in [6.07, 6.45) is 0. The minimum Gasteiger partial charge on any atom is -0.238 e. The molecule has 0 N–H and O–H groups in total. The van der Waals surface area contributed by atoms with Crippen molar-refractivity contribution < 1.29 is 0 Å². The van der Waals surface area contributed by atoms with Crippen molar-refractivity contribution in [2.45, 2.75) is 0 Å². The van der Waals surface area contributed by atoms with Crippen molar-refractivity contribution in [3.8, 4) is 33.4 Å². The highest BCUT2D eigenvalue weighted by Crippen LogP contribution is 2.34. The Kier molecular flexibility index (Phi) is 5.08. The molecule has 4 rings (SSSR count). The lowest BCUT2D eigenvalue weighted by Gasteiger charge is -2.12. The molecule has 0 aliphatic carbocycles. The normalized spacial score (nSPS) is 9.90. The third kappa shape index (κ3) is 3.81. The molecule has 0 saturated carbocycles. The highest BCUT2D eigenvalue weighted by atomic mass is 14.6. The molecular weight excluding hydrogens is 366 g/mol. The number of hydrogen-bond acceptors (Lipinski definition) is 0. The molecule has 138 valence electrons. The molecule has 0 heterocycles. The van der Waals surface area contributed by atoms with Crippen molar-refractivity contribution in [2.75, 3.05) is 0 Å². The lowest BCUT2D eigenvalue weighted by Crippen LogP contribution is -1.86. The van der Waals surface area contributed by atoms with Gasteiger partial charge in [-0.05, 0) is 51.6 Å². The Morgan fingerprint density at radius 2 is 0.567 bits per heavy atom. The lowest BCUT2D eigenvalue weighted by atomic mass is 9.93. The molecule has 0 fully saturated rings. The lowest BCUT2D eigenvalue weighted by molar-refractivity contribution is 1.57. The quantitative estimate of drug-likeness (QED) is 0.316. The van der Waals surface area contributed by atoms with Crippen molar-refractivity contribution in [1.82, 2.24) is 0 Å². The van der Waals surface area contributed by atoms with Gasteiger partial charge >= 0.3 is 0 Å². The first-order chi connectivity index (χ1) is 14.7. The minimum absolute atomic E-state index is 0.611. The van der Waals surface area contributed by atoms with E-state index in [2.05, 4.69) is 32.7 Å². The van der Waals surface area contributed by atoms with E-state index in [0.717, 1.165) is 33.4 Å². The van der Waals surface area contributed by atoms with Crippen molar-refractivity contribution in [2.24, 2.45) is 0 Å². The molecule has 3 heteroatoms. The van der Waals surface area contributed by atoms with Gasteiger partial charge in [-0.25, -0.2) is 14.5 Å². The number of rotatable bonds is 3. The number of hydrogen-bond donors (Lipinski definition) is 0. The molecule has 4 aromatic carbocycles. The van der Waals surface area contributed by atoms with Crippen molar-refractivity contribution >= 4 is 17.1 Å². The summed E-state index contributed by atoms with van der Waals surface area (Å²) < 4.78 is 0. The molecule has 4 aromatic rings. The fourth-order valence-electron chi connectivity index (χ4n) is 3.31. The maximum Gasteiger partial charge on any atom is 0.187 e. The summed E-state index contributed by atoms with van der Waals surface area (Å²) in [5.41, 5.74) is 8.05. The molecule has 0 aliphatic rings. The minimum atomic E-state index is 0.611. The predicted octanol–water partition coefficient (Wildman–Crippen LogP) is 8.34. The molecule has 0 aromatic heterocycles. The van der Waals surface area contributed by atoms with Gasteiger partial charge < -0.3 is 0 Å². The van der Waals surface area contributed by atoms with Crippen LogP contribution >= 0.6 is 0 Å². The van der Waals surface area contributed by atoms with Crippen LogP contribution in [-0.2, 0) is 0 Å². The first-order valence-electron chi connectivity index (χ1n) is 9.29. The molecule has 0 aliphatic heterocycles. The summed E-state index contributed by atoms with van der Waals surface area (Å²) in [4.78, 5) is 10.4. The zero-order valence-corrected chi connectivity index (χ0v) is 16.0. The smallest absolute Gasteiger partial charge is 0.187 e. The van der Waals surface area contributed by atoms with Gasteiger partial charge in [0.15, 0.2) is 17.1 Å². The molecule has 0 spiro atoms. The second-order valence-electron chi connectivity index (χ2n) is 6.78. The van der Waals surface area contributed by atoms with Crippen LogP contribution in [0.25, 0.3) is 47.9 Å². The van der Waals surface area contributed by atoms with Crippen molar-refractivity contribution in [3.05, 3.63) is 125 Å². The molecule has 0 radical (unpaired) electrons. The highest BCUT2D eigenvalue weighted by molar-refractivity contribution is 5.82. The van der Waals surface area contributed by atoms with E-state index in [1.807, 2.05) is 72.8 Å². The summed E-state index contributed by atoms with van der Waals surface area (Å²) in [6.45, 7) is 21.5. The van der Waals surface area contributed by atoms with E-state index < -0.39 is 0 Å². The molecule has 3 nitrogen and oxygen atoms in total. The summed E-state index contributed by atoms with van der Waals surface area (Å²) in [7, 11) is 0. The Morgan fingerprint density at radius 1 is 0.333 bits per heavy atom. The molecule has 0 atom stereocenters. The van der Waals surface area contributed by atoms with Crippen LogP contribution in [0.1, 0.15) is 0 Å². The fourth-order valence-corrected chi connectivity index (χ4v) is 3.31. The zero-order valence-electron chi connectivity index (χ0n) is 16.0. The van der Waals surface area contributed by atoms with Crippen LogP contribution in [-0.4, -0.2) is 0 Å². The van der Waals surface area contributed by atoms with Crippen LogP contribution in [0.3, 0.4) is 0 Å². The second kappa shape index (κ2) is 8.15. The molecular formula is C27H15N3. The van der Waals surface area contributed by atoms with E-state index in [9.17, 15) is 0 Å². The largest absolute Gasteiger partial charge is 0.238 e. The van der Waals surface area contributed by atoms with Gasteiger partial charge in [-0.3, -0.25) is 0 Å². The predicted molar refractivity (Wildman–Crippen MR) is 122 cm³/mol. The van der Waals surface area contributed by atoms with Crippen LogP contribution in [0, 0.1) is 19.7 Å². The second-order valence-corrected chi connectivity index (χ2v) is 6.78.